The van der Waals surface area contributed by atoms with Gasteiger partial charge in [-0.15, -0.1) is 0 Å². The number of ether oxygens (including phenoxy) is 1. The Morgan fingerprint density at radius 3 is 2.31 bits per heavy atom. The summed E-state index contributed by atoms with van der Waals surface area (Å²) in [6, 6.07) is 0. The van der Waals surface area contributed by atoms with Crippen molar-refractivity contribution in [3.8, 4) is 0 Å². The van der Waals surface area contributed by atoms with Crippen LogP contribution in [0.25, 0.3) is 0 Å². The summed E-state index contributed by atoms with van der Waals surface area (Å²) < 4.78 is 17.6. The second-order valence-electron chi connectivity index (χ2n) is 3.96. The molecule has 0 fully saturated rings. The minimum Gasteiger partial charge on any atom is -0.464 e. The number of halogens is 1. The molecule has 0 heterocycles. The fourth-order valence-corrected chi connectivity index (χ4v) is 0.790. The van der Waals surface area contributed by atoms with Gasteiger partial charge in [-0.25, -0.2) is 9.18 Å². The van der Waals surface area contributed by atoms with Crippen molar-refractivity contribution in [1.82, 2.24) is 0 Å². The third-order valence-electron chi connectivity index (χ3n) is 1.68. The fourth-order valence-electron chi connectivity index (χ4n) is 0.790. The molecule has 0 saturated heterocycles. The van der Waals surface area contributed by atoms with Crippen LogP contribution in [-0.4, -0.2) is 30.0 Å². The Morgan fingerprint density at radius 2 is 2.00 bits per heavy atom. The molecule has 0 spiro atoms. The van der Waals surface area contributed by atoms with Gasteiger partial charge in [-0.05, 0) is 12.3 Å². The molecule has 78 valence electrons. The van der Waals surface area contributed by atoms with Crippen molar-refractivity contribution in [3.63, 3.8) is 0 Å². The Hall–Kier alpha value is -0.640. The van der Waals surface area contributed by atoms with Crippen LogP contribution in [0.1, 0.15) is 27.7 Å². The van der Waals surface area contributed by atoms with Gasteiger partial charge in [0.25, 0.3) is 0 Å². The number of aliphatic hydroxyl groups excluding tert-OH is 1. The molecule has 4 heteroatoms. The number of aliphatic hydroxyl groups is 1. The largest absolute Gasteiger partial charge is 0.464 e. The minimum absolute atomic E-state index is 0.121. The highest BCUT2D eigenvalue weighted by molar-refractivity contribution is 5.75. The van der Waals surface area contributed by atoms with Gasteiger partial charge in [0.15, 0.2) is 0 Å². The molecule has 0 aliphatic heterocycles. The van der Waals surface area contributed by atoms with Crippen molar-refractivity contribution in [2.24, 2.45) is 5.41 Å². The van der Waals surface area contributed by atoms with E-state index in [1.807, 2.05) is 0 Å². The smallest absolute Gasteiger partial charge is 0.343 e. The van der Waals surface area contributed by atoms with Gasteiger partial charge in [0.05, 0.1) is 6.61 Å². The first-order valence-electron chi connectivity index (χ1n) is 4.29. The quantitative estimate of drug-likeness (QED) is 0.685. The van der Waals surface area contributed by atoms with E-state index in [-0.39, 0.29) is 6.61 Å². The Labute approximate surface area is 77.9 Å². The van der Waals surface area contributed by atoms with E-state index in [0.717, 1.165) is 0 Å². The number of esters is 1. The Kier molecular flexibility index (Phi) is 4.33. The van der Waals surface area contributed by atoms with E-state index in [1.165, 1.54) is 0 Å². The molecule has 2 atom stereocenters. The van der Waals surface area contributed by atoms with E-state index < -0.39 is 23.7 Å². The van der Waals surface area contributed by atoms with Crippen LogP contribution in [0.5, 0.6) is 0 Å². The molecule has 0 aromatic carbocycles. The lowest BCUT2D eigenvalue weighted by Gasteiger charge is -2.27. The maximum Gasteiger partial charge on any atom is 0.343 e. The zero-order chi connectivity index (χ0) is 10.6. The van der Waals surface area contributed by atoms with Gasteiger partial charge < -0.3 is 9.84 Å². The number of hydrogen-bond acceptors (Lipinski definition) is 3. The molecular weight excluding hydrogens is 175 g/mol. The van der Waals surface area contributed by atoms with Crippen molar-refractivity contribution in [2.75, 3.05) is 6.61 Å². The summed E-state index contributed by atoms with van der Waals surface area (Å²) in [6.07, 6.45) is -3.29. The van der Waals surface area contributed by atoms with Crippen molar-refractivity contribution < 1.29 is 19.0 Å². The summed E-state index contributed by atoms with van der Waals surface area (Å²) in [5.41, 5.74) is -0.661. The predicted molar refractivity (Wildman–Crippen MR) is 47.0 cm³/mol. The molecule has 13 heavy (non-hydrogen) atoms. The first-order chi connectivity index (χ1) is 5.80. The highest BCUT2D eigenvalue weighted by atomic mass is 19.1. The topological polar surface area (TPSA) is 46.5 Å². The van der Waals surface area contributed by atoms with Gasteiger partial charge >= 0.3 is 5.97 Å². The number of carbonyl (C=O) groups excluding carboxylic acids is 1. The summed E-state index contributed by atoms with van der Waals surface area (Å²) in [5, 5.41) is 9.38. The van der Waals surface area contributed by atoms with Crippen molar-refractivity contribution in [1.29, 1.82) is 0 Å². The monoisotopic (exact) mass is 192 g/mol. The van der Waals surface area contributed by atoms with Crippen molar-refractivity contribution >= 4 is 5.97 Å². The van der Waals surface area contributed by atoms with Gasteiger partial charge in [-0.2, -0.15) is 0 Å². The van der Waals surface area contributed by atoms with Crippen LogP contribution < -0.4 is 0 Å². The van der Waals surface area contributed by atoms with Crippen LogP contribution in [0.3, 0.4) is 0 Å². The van der Waals surface area contributed by atoms with Crippen LogP contribution in [0.4, 0.5) is 4.39 Å². The highest BCUT2D eigenvalue weighted by Crippen LogP contribution is 2.23. The molecule has 0 amide bonds. The van der Waals surface area contributed by atoms with Gasteiger partial charge in [0, 0.05) is 0 Å². The van der Waals surface area contributed by atoms with E-state index in [4.69, 9.17) is 0 Å². The Morgan fingerprint density at radius 1 is 1.54 bits per heavy atom. The van der Waals surface area contributed by atoms with Gasteiger partial charge in [-0.3, -0.25) is 0 Å². The third kappa shape index (κ3) is 3.72. The predicted octanol–water partition coefficient (Wildman–Crippen LogP) is 1.29. The van der Waals surface area contributed by atoms with Crippen LogP contribution >= 0.6 is 0 Å². The number of carbonyl (C=O) groups is 1. The zero-order valence-corrected chi connectivity index (χ0v) is 8.50. The molecule has 1 N–H and O–H groups in total. The fraction of sp³-hybridized carbons (Fsp3) is 0.889. The number of hydrogen-bond donors (Lipinski definition) is 1. The molecule has 3 nitrogen and oxygen atoms in total. The maximum absolute atomic E-state index is 13.1. The van der Waals surface area contributed by atoms with E-state index in [1.54, 1.807) is 27.7 Å². The van der Waals surface area contributed by atoms with E-state index in [0.29, 0.717) is 0 Å². The maximum atomic E-state index is 13.1. The van der Waals surface area contributed by atoms with E-state index in [9.17, 15) is 14.3 Å². The molecule has 0 aliphatic rings. The number of alkyl halides is 1. The lowest BCUT2D eigenvalue weighted by molar-refractivity contribution is -0.156. The van der Waals surface area contributed by atoms with Crippen LogP contribution in [0.15, 0.2) is 0 Å². The lowest BCUT2D eigenvalue weighted by Crippen LogP contribution is -2.40. The summed E-state index contributed by atoms with van der Waals surface area (Å²) in [7, 11) is 0. The standard InChI is InChI=1S/C9H17FO3/c1-5-13-8(12)6(10)7(11)9(2,3)4/h6-7,11H,5H2,1-4H3. The highest BCUT2D eigenvalue weighted by Gasteiger charge is 2.36. The van der Waals surface area contributed by atoms with Gasteiger partial charge in [0.2, 0.25) is 6.17 Å². The van der Waals surface area contributed by atoms with Gasteiger partial charge in [0.1, 0.15) is 6.10 Å². The summed E-state index contributed by atoms with van der Waals surface area (Å²) >= 11 is 0. The normalized spacial score (nSPS) is 16.5. The Balaban J connectivity index is 4.25. The first-order valence-corrected chi connectivity index (χ1v) is 4.29. The summed E-state index contributed by atoms with van der Waals surface area (Å²) in [4.78, 5) is 10.9. The molecule has 2 unspecified atom stereocenters. The SMILES string of the molecule is CCOC(=O)C(F)C(O)C(C)(C)C. The second kappa shape index (κ2) is 4.56. The Bertz CT molecular complexity index is 174. The lowest BCUT2D eigenvalue weighted by atomic mass is 9.86. The van der Waals surface area contributed by atoms with E-state index in [2.05, 4.69) is 4.74 Å². The third-order valence-corrected chi connectivity index (χ3v) is 1.68. The summed E-state index contributed by atoms with van der Waals surface area (Å²) in [5.74, 6) is -0.995. The zero-order valence-electron chi connectivity index (χ0n) is 8.50. The van der Waals surface area contributed by atoms with Crippen molar-refractivity contribution in [3.05, 3.63) is 0 Å². The van der Waals surface area contributed by atoms with Crippen LogP contribution in [0.2, 0.25) is 0 Å². The molecule has 0 rings (SSSR count). The minimum atomic E-state index is -1.96. The molecule has 0 saturated carbocycles. The average molecular weight is 192 g/mol. The van der Waals surface area contributed by atoms with Crippen LogP contribution in [0, 0.1) is 5.41 Å². The first kappa shape index (κ1) is 12.4. The molecule has 0 radical (unpaired) electrons. The molecule has 0 bridgehead atoms. The van der Waals surface area contributed by atoms with Crippen LogP contribution in [-0.2, 0) is 9.53 Å². The molecule has 0 aromatic heterocycles. The summed E-state index contributed by atoms with van der Waals surface area (Å²) in [6.45, 7) is 6.68. The molecule has 0 aliphatic carbocycles. The van der Waals surface area contributed by atoms with Crippen molar-refractivity contribution in [2.45, 2.75) is 40.0 Å². The average Bonchev–Trinajstić information content (AvgIpc) is 2.00. The van der Waals surface area contributed by atoms with Gasteiger partial charge in [-0.1, -0.05) is 20.8 Å². The van der Waals surface area contributed by atoms with E-state index >= 15 is 0 Å². The number of rotatable bonds is 3. The molecule has 0 aromatic rings. The molecular formula is C9H17FO3. The second-order valence-corrected chi connectivity index (χ2v) is 3.96.